The molecule has 2 atom stereocenters. The van der Waals surface area contributed by atoms with Crippen LogP contribution in [0.4, 0.5) is 4.39 Å². The van der Waals surface area contributed by atoms with E-state index in [2.05, 4.69) is 10.6 Å². The summed E-state index contributed by atoms with van der Waals surface area (Å²) in [5.41, 5.74) is 6.61. The number of carbonyl (C=O) groups excluding carboxylic acids is 1. The maximum absolute atomic E-state index is 13.6. The standard InChI is InChI=1S/C17H26FN3O3/c1-10(20-3)8-15(16(19)21-4)24-11(2)14-9-12(18)6-7-13(14)17(22)23-5/h6-7,9-11,20-21H,8,19H2,1-5H3/b16-15+/t10?,11-/m1/s1. The molecule has 0 spiro atoms. The van der Waals surface area contributed by atoms with E-state index in [0.717, 1.165) is 0 Å². The van der Waals surface area contributed by atoms with Gasteiger partial charge in [-0.15, -0.1) is 0 Å². The average molecular weight is 339 g/mol. The highest BCUT2D eigenvalue weighted by Gasteiger charge is 2.21. The lowest BCUT2D eigenvalue weighted by Gasteiger charge is -2.23. The normalized spacial score (nSPS) is 14.4. The molecule has 24 heavy (non-hydrogen) atoms. The fraction of sp³-hybridized carbons (Fsp3) is 0.471. The summed E-state index contributed by atoms with van der Waals surface area (Å²) >= 11 is 0. The summed E-state index contributed by atoms with van der Waals surface area (Å²) < 4.78 is 24.3. The number of halogens is 1. The molecule has 0 amide bonds. The monoisotopic (exact) mass is 339 g/mol. The van der Waals surface area contributed by atoms with E-state index in [9.17, 15) is 9.18 Å². The molecule has 0 aromatic heterocycles. The highest BCUT2D eigenvalue weighted by molar-refractivity contribution is 5.91. The summed E-state index contributed by atoms with van der Waals surface area (Å²) in [7, 11) is 4.80. The van der Waals surface area contributed by atoms with Crippen molar-refractivity contribution in [2.45, 2.75) is 32.4 Å². The molecule has 7 heteroatoms. The minimum Gasteiger partial charge on any atom is -0.487 e. The van der Waals surface area contributed by atoms with E-state index in [1.807, 2.05) is 14.0 Å². The van der Waals surface area contributed by atoms with Crippen LogP contribution in [0.2, 0.25) is 0 Å². The fourth-order valence-electron chi connectivity index (χ4n) is 2.18. The molecule has 0 radical (unpaired) electrons. The molecule has 0 aliphatic rings. The van der Waals surface area contributed by atoms with Crippen LogP contribution in [0.5, 0.6) is 0 Å². The SMILES string of the molecule is CN/C(N)=C(\CC(C)NC)O[C@H](C)c1cc(F)ccc1C(=O)OC. The van der Waals surface area contributed by atoms with Crippen molar-refractivity contribution in [3.63, 3.8) is 0 Å². The van der Waals surface area contributed by atoms with Crippen molar-refractivity contribution in [3.8, 4) is 0 Å². The third kappa shape index (κ3) is 5.13. The molecule has 6 nitrogen and oxygen atoms in total. The number of hydrogen-bond donors (Lipinski definition) is 3. The lowest BCUT2D eigenvalue weighted by molar-refractivity contribution is 0.0588. The van der Waals surface area contributed by atoms with Gasteiger partial charge in [0.25, 0.3) is 0 Å². The first-order valence-corrected chi connectivity index (χ1v) is 7.72. The second-order valence-corrected chi connectivity index (χ2v) is 5.46. The molecular formula is C17H26FN3O3. The predicted octanol–water partition coefficient (Wildman–Crippen LogP) is 2.04. The molecule has 0 aliphatic heterocycles. The van der Waals surface area contributed by atoms with Gasteiger partial charge in [-0.05, 0) is 39.1 Å². The van der Waals surface area contributed by atoms with Crippen LogP contribution >= 0.6 is 0 Å². The van der Waals surface area contributed by atoms with Crippen molar-refractivity contribution in [1.82, 2.24) is 10.6 Å². The van der Waals surface area contributed by atoms with E-state index < -0.39 is 17.9 Å². The highest BCUT2D eigenvalue weighted by Crippen LogP contribution is 2.27. The molecule has 0 heterocycles. The number of hydrogen-bond acceptors (Lipinski definition) is 6. The zero-order valence-corrected chi connectivity index (χ0v) is 14.8. The number of ether oxygens (including phenoxy) is 2. The number of methoxy groups -OCH3 is 1. The molecule has 1 aromatic rings. The Hall–Kier alpha value is -2.28. The number of nitrogens with one attached hydrogen (secondary N) is 2. The summed E-state index contributed by atoms with van der Waals surface area (Å²) in [4.78, 5) is 11.9. The Labute approximate surface area is 142 Å². The summed E-state index contributed by atoms with van der Waals surface area (Å²) in [6.07, 6.45) is -0.0446. The van der Waals surface area contributed by atoms with Gasteiger partial charge in [0.1, 0.15) is 23.5 Å². The van der Waals surface area contributed by atoms with Crippen molar-refractivity contribution >= 4 is 5.97 Å². The van der Waals surface area contributed by atoms with Gasteiger partial charge in [0.15, 0.2) is 0 Å². The van der Waals surface area contributed by atoms with Gasteiger partial charge in [-0.2, -0.15) is 0 Å². The second-order valence-electron chi connectivity index (χ2n) is 5.46. The third-order valence-electron chi connectivity index (χ3n) is 3.73. The number of benzene rings is 1. The second kappa shape index (κ2) is 9.12. The average Bonchev–Trinajstić information content (AvgIpc) is 2.59. The fourth-order valence-corrected chi connectivity index (χ4v) is 2.18. The molecule has 134 valence electrons. The van der Waals surface area contributed by atoms with Gasteiger partial charge in [0, 0.05) is 25.1 Å². The van der Waals surface area contributed by atoms with E-state index in [1.165, 1.54) is 25.3 Å². The maximum atomic E-state index is 13.6. The molecule has 1 aromatic carbocycles. The van der Waals surface area contributed by atoms with Gasteiger partial charge in [-0.3, -0.25) is 0 Å². The quantitative estimate of drug-likeness (QED) is 0.496. The molecule has 0 fully saturated rings. The first-order valence-electron chi connectivity index (χ1n) is 7.72. The minimum absolute atomic E-state index is 0.131. The number of nitrogens with two attached hydrogens (primary N) is 1. The minimum atomic E-state index is -0.583. The zero-order valence-electron chi connectivity index (χ0n) is 14.8. The third-order valence-corrected chi connectivity index (χ3v) is 3.73. The molecule has 1 rings (SSSR count). The Kier molecular flexibility index (Phi) is 7.51. The molecule has 0 saturated heterocycles. The largest absolute Gasteiger partial charge is 0.487 e. The van der Waals surface area contributed by atoms with E-state index in [0.29, 0.717) is 23.6 Å². The highest BCUT2D eigenvalue weighted by atomic mass is 19.1. The molecule has 1 unspecified atom stereocenters. The van der Waals surface area contributed by atoms with E-state index in [4.69, 9.17) is 15.2 Å². The number of esters is 1. The van der Waals surface area contributed by atoms with Crippen LogP contribution in [0.15, 0.2) is 29.8 Å². The van der Waals surface area contributed by atoms with Crippen LogP contribution < -0.4 is 16.4 Å². The lowest BCUT2D eigenvalue weighted by Crippen LogP contribution is -2.26. The molecular weight excluding hydrogens is 313 g/mol. The zero-order chi connectivity index (χ0) is 18.3. The Morgan fingerprint density at radius 3 is 2.54 bits per heavy atom. The Balaban J connectivity index is 3.14. The summed E-state index contributed by atoms with van der Waals surface area (Å²) in [5, 5.41) is 5.95. The van der Waals surface area contributed by atoms with Crippen molar-refractivity contribution in [1.29, 1.82) is 0 Å². The lowest BCUT2D eigenvalue weighted by atomic mass is 10.0. The van der Waals surface area contributed by atoms with Gasteiger partial charge >= 0.3 is 5.97 Å². The van der Waals surface area contributed by atoms with Gasteiger partial charge in [0.2, 0.25) is 0 Å². The van der Waals surface area contributed by atoms with Gasteiger partial charge in [0.05, 0.1) is 12.7 Å². The first-order chi connectivity index (χ1) is 11.3. The molecule has 0 saturated carbocycles. The summed E-state index contributed by atoms with van der Waals surface area (Å²) in [6, 6.07) is 4.00. The predicted molar refractivity (Wildman–Crippen MR) is 90.7 cm³/mol. The molecule has 0 aliphatic carbocycles. The van der Waals surface area contributed by atoms with Crippen molar-refractivity contribution in [3.05, 3.63) is 46.7 Å². The van der Waals surface area contributed by atoms with Gasteiger partial charge in [-0.1, -0.05) is 0 Å². The smallest absolute Gasteiger partial charge is 0.338 e. The van der Waals surface area contributed by atoms with E-state index in [-0.39, 0.29) is 11.6 Å². The molecule has 4 N–H and O–H groups in total. The number of carbonyl (C=O) groups is 1. The topological polar surface area (TPSA) is 85.6 Å². The van der Waals surface area contributed by atoms with Gasteiger partial charge in [-0.25, -0.2) is 9.18 Å². The van der Waals surface area contributed by atoms with Crippen molar-refractivity contribution in [2.24, 2.45) is 5.73 Å². The van der Waals surface area contributed by atoms with Crippen LogP contribution in [0.3, 0.4) is 0 Å². The first kappa shape index (κ1) is 19.8. The Bertz CT molecular complexity index is 605. The molecule has 0 bridgehead atoms. The maximum Gasteiger partial charge on any atom is 0.338 e. The van der Waals surface area contributed by atoms with Crippen LogP contribution in [-0.2, 0) is 9.47 Å². The Morgan fingerprint density at radius 1 is 1.33 bits per heavy atom. The van der Waals surface area contributed by atoms with Crippen LogP contribution in [0.1, 0.15) is 42.3 Å². The van der Waals surface area contributed by atoms with E-state index in [1.54, 1.807) is 14.0 Å². The van der Waals surface area contributed by atoms with Crippen LogP contribution in [0.25, 0.3) is 0 Å². The van der Waals surface area contributed by atoms with Crippen LogP contribution in [0, 0.1) is 5.82 Å². The van der Waals surface area contributed by atoms with E-state index >= 15 is 0 Å². The Morgan fingerprint density at radius 2 is 2.00 bits per heavy atom. The summed E-state index contributed by atoms with van der Waals surface area (Å²) in [6.45, 7) is 3.72. The van der Waals surface area contributed by atoms with Crippen molar-refractivity contribution < 1.29 is 18.7 Å². The van der Waals surface area contributed by atoms with Crippen LogP contribution in [-0.4, -0.2) is 33.2 Å². The van der Waals surface area contributed by atoms with Gasteiger partial charge < -0.3 is 25.8 Å². The summed E-state index contributed by atoms with van der Waals surface area (Å²) in [5.74, 6) is -0.0770. The van der Waals surface area contributed by atoms with Crippen molar-refractivity contribution in [2.75, 3.05) is 21.2 Å². The number of rotatable bonds is 8.